The van der Waals surface area contributed by atoms with E-state index in [1.54, 1.807) is 13.0 Å². The van der Waals surface area contributed by atoms with Gasteiger partial charge in [0.25, 0.3) is 0 Å². The molecule has 0 saturated heterocycles. The minimum absolute atomic E-state index is 0.129. The van der Waals surface area contributed by atoms with E-state index in [2.05, 4.69) is 20.7 Å². The fourth-order valence-corrected chi connectivity index (χ4v) is 3.61. The molecule has 3 nitrogen and oxygen atoms in total. The Morgan fingerprint density at radius 2 is 2.12 bits per heavy atom. The summed E-state index contributed by atoms with van der Waals surface area (Å²) in [6.07, 6.45) is 1.93. The molecular weight excluding hydrogens is 309 g/mol. The SMILES string of the molecule is Cc1cc(Br)c(F)cc1NS(=O)(=O)CC1CC1. The highest BCUT2D eigenvalue weighted by Crippen LogP contribution is 2.31. The molecule has 1 aliphatic rings. The topological polar surface area (TPSA) is 46.2 Å². The van der Waals surface area contributed by atoms with E-state index in [1.165, 1.54) is 6.07 Å². The first-order valence-corrected chi connectivity index (χ1v) is 7.78. The van der Waals surface area contributed by atoms with E-state index in [-0.39, 0.29) is 11.7 Å². The van der Waals surface area contributed by atoms with Crippen LogP contribution < -0.4 is 4.72 Å². The van der Waals surface area contributed by atoms with Gasteiger partial charge in [-0.25, -0.2) is 12.8 Å². The predicted octanol–water partition coefficient (Wildman–Crippen LogP) is 3.05. The number of anilines is 1. The minimum atomic E-state index is -3.36. The largest absolute Gasteiger partial charge is 0.283 e. The molecule has 1 N–H and O–H groups in total. The lowest BCUT2D eigenvalue weighted by molar-refractivity contribution is 0.597. The Labute approximate surface area is 109 Å². The molecule has 0 unspecified atom stereocenters. The molecule has 0 aliphatic heterocycles. The molecule has 0 bridgehead atoms. The van der Waals surface area contributed by atoms with E-state index in [0.717, 1.165) is 12.8 Å². The van der Waals surface area contributed by atoms with Gasteiger partial charge in [-0.3, -0.25) is 4.72 Å². The average Bonchev–Trinajstić information content (AvgIpc) is 2.96. The van der Waals surface area contributed by atoms with Crippen molar-refractivity contribution in [1.29, 1.82) is 0 Å². The Balaban J connectivity index is 2.20. The van der Waals surface area contributed by atoms with Crippen LogP contribution in [0.1, 0.15) is 18.4 Å². The van der Waals surface area contributed by atoms with Crippen molar-refractivity contribution in [3.05, 3.63) is 28.0 Å². The van der Waals surface area contributed by atoms with Gasteiger partial charge in [0.05, 0.1) is 15.9 Å². The third-order valence-corrected chi connectivity index (χ3v) is 4.73. The fourth-order valence-electron chi connectivity index (χ4n) is 1.56. The Kier molecular flexibility index (Phi) is 3.45. The molecule has 0 spiro atoms. The molecule has 0 atom stereocenters. The first-order valence-electron chi connectivity index (χ1n) is 5.33. The number of hydrogen-bond donors (Lipinski definition) is 1. The molecule has 0 radical (unpaired) electrons. The lowest BCUT2D eigenvalue weighted by Crippen LogP contribution is -2.18. The Morgan fingerprint density at radius 3 is 2.71 bits per heavy atom. The number of benzene rings is 1. The van der Waals surface area contributed by atoms with Crippen molar-refractivity contribution in [2.75, 3.05) is 10.5 Å². The van der Waals surface area contributed by atoms with Gasteiger partial charge >= 0.3 is 0 Å². The summed E-state index contributed by atoms with van der Waals surface area (Å²) in [5.74, 6) is -0.0720. The van der Waals surface area contributed by atoms with Crippen molar-refractivity contribution in [2.24, 2.45) is 5.92 Å². The first kappa shape index (κ1) is 12.8. The zero-order valence-corrected chi connectivity index (χ0v) is 11.7. The lowest BCUT2D eigenvalue weighted by atomic mass is 10.2. The Bertz CT molecular complexity index is 541. The molecule has 0 aromatic heterocycles. The van der Waals surface area contributed by atoms with Crippen molar-refractivity contribution in [3.63, 3.8) is 0 Å². The normalized spacial score (nSPS) is 15.9. The van der Waals surface area contributed by atoms with E-state index in [9.17, 15) is 12.8 Å². The molecule has 94 valence electrons. The monoisotopic (exact) mass is 321 g/mol. The molecule has 2 rings (SSSR count). The van der Waals surface area contributed by atoms with Gasteiger partial charge in [0.2, 0.25) is 10.0 Å². The standard InChI is InChI=1S/C11H13BrFNO2S/c1-7-4-9(12)10(13)5-11(7)14-17(15,16)6-8-2-3-8/h4-5,8,14H,2-3,6H2,1H3. The van der Waals surface area contributed by atoms with Gasteiger partial charge in [0.1, 0.15) is 5.82 Å². The van der Waals surface area contributed by atoms with Crippen LogP contribution >= 0.6 is 15.9 Å². The fraction of sp³-hybridized carbons (Fsp3) is 0.455. The number of halogens is 2. The van der Waals surface area contributed by atoms with Crippen LogP contribution in [0.5, 0.6) is 0 Å². The predicted molar refractivity (Wildman–Crippen MR) is 69.0 cm³/mol. The second kappa shape index (κ2) is 4.57. The molecule has 17 heavy (non-hydrogen) atoms. The second-order valence-corrected chi connectivity index (χ2v) is 7.03. The molecule has 1 aromatic rings. The van der Waals surface area contributed by atoms with Crippen LogP contribution in [0.2, 0.25) is 0 Å². The lowest BCUT2D eigenvalue weighted by Gasteiger charge is -2.11. The van der Waals surface area contributed by atoms with Gasteiger partial charge in [-0.15, -0.1) is 0 Å². The quantitative estimate of drug-likeness (QED) is 0.926. The average molecular weight is 322 g/mol. The van der Waals surface area contributed by atoms with Gasteiger partial charge in [0.15, 0.2) is 0 Å². The zero-order chi connectivity index (χ0) is 12.6. The molecule has 1 aliphatic carbocycles. The van der Waals surface area contributed by atoms with Crippen molar-refractivity contribution in [2.45, 2.75) is 19.8 Å². The van der Waals surface area contributed by atoms with Crippen LogP contribution in [0.25, 0.3) is 0 Å². The number of sulfonamides is 1. The van der Waals surface area contributed by atoms with Crippen LogP contribution in [0.4, 0.5) is 10.1 Å². The Morgan fingerprint density at radius 1 is 1.47 bits per heavy atom. The summed E-state index contributed by atoms with van der Waals surface area (Å²) in [5.41, 5.74) is 1.00. The summed E-state index contributed by atoms with van der Waals surface area (Å²) in [7, 11) is -3.36. The van der Waals surface area contributed by atoms with Crippen LogP contribution in [0.3, 0.4) is 0 Å². The van der Waals surface area contributed by atoms with Crippen LogP contribution in [0.15, 0.2) is 16.6 Å². The number of hydrogen-bond acceptors (Lipinski definition) is 2. The van der Waals surface area contributed by atoms with Gasteiger partial charge < -0.3 is 0 Å². The third-order valence-electron chi connectivity index (χ3n) is 2.68. The molecule has 1 aromatic carbocycles. The molecule has 1 fully saturated rings. The number of aryl methyl sites for hydroxylation is 1. The first-order chi connectivity index (χ1) is 7.87. The highest BCUT2D eigenvalue weighted by molar-refractivity contribution is 9.10. The molecule has 1 saturated carbocycles. The van der Waals surface area contributed by atoms with Crippen molar-refractivity contribution in [3.8, 4) is 0 Å². The third kappa shape index (κ3) is 3.42. The maximum Gasteiger partial charge on any atom is 0.233 e. The summed E-state index contributed by atoms with van der Waals surface area (Å²) in [6.45, 7) is 1.74. The van der Waals surface area contributed by atoms with Crippen LogP contribution in [-0.2, 0) is 10.0 Å². The summed E-state index contributed by atoms with van der Waals surface area (Å²) >= 11 is 3.06. The summed E-state index contributed by atoms with van der Waals surface area (Å²) in [5, 5.41) is 0. The highest BCUT2D eigenvalue weighted by Gasteiger charge is 2.28. The Hall–Kier alpha value is -0.620. The van der Waals surface area contributed by atoms with Crippen LogP contribution in [-0.4, -0.2) is 14.2 Å². The maximum atomic E-state index is 13.3. The zero-order valence-electron chi connectivity index (χ0n) is 9.33. The molecular formula is C11H13BrFNO2S. The summed E-state index contributed by atoms with van der Waals surface area (Å²) < 4.78 is 39.6. The smallest absolute Gasteiger partial charge is 0.233 e. The van der Waals surface area contributed by atoms with E-state index in [4.69, 9.17) is 0 Å². The minimum Gasteiger partial charge on any atom is -0.283 e. The highest BCUT2D eigenvalue weighted by atomic mass is 79.9. The van der Waals surface area contributed by atoms with E-state index in [0.29, 0.717) is 15.7 Å². The van der Waals surface area contributed by atoms with Gasteiger partial charge in [-0.05, 0) is 59.3 Å². The van der Waals surface area contributed by atoms with Crippen molar-refractivity contribution in [1.82, 2.24) is 0 Å². The van der Waals surface area contributed by atoms with E-state index in [1.807, 2.05) is 0 Å². The van der Waals surface area contributed by atoms with E-state index < -0.39 is 15.8 Å². The van der Waals surface area contributed by atoms with Crippen molar-refractivity contribution < 1.29 is 12.8 Å². The van der Waals surface area contributed by atoms with E-state index >= 15 is 0 Å². The maximum absolute atomic E-state index is 13.3. The summed E-state index contributed by atoms with van der Waals surface area (Å²) in [4.78, 5) is 0. The molecule has 0 heterocycles. The molecule has 6 heteroatoms. The van der Waals surface area contributed by atoms with Gasteiger partial charge in [-0.1, -0.05) is 0 Å². The van der Waals surface area contributed by atoms with Gasteiger partial charge in [0, 0.05) is 0 Å². The molecule has 0 amide bonds. The van der Waals surface area contributed by atoms with Crippen molar-refractivity contribution >= 4 is 31.6 Å². The van der Waals surface area contributed by atoms with Gasteiger partial charge in [-0.2, -0.15) is 0 Å². The van der Waals surface area contributed by atoms with Crippen LogP contribution in [0, 0.1) is 18.7 Å². The number of rotatable bonds is 4. The second-order valence-electron chi connectivity index (χ2n) is 4.41. The number of nitrogens with one attached hydrogen (secondary N) is 1. The summed E-state index contributed by atoms with van der Waals surface area (Å²) in [6, 6.07) is 2.76.